The normalized spacial score (nSPS) is 17.1. The van der Waals surface area contributed by atoms with Crippen LogP contribution in [0.2, 0.25) is 0 Å². The van der Waals surface area contributed by atoms with Gasteiger partial charge in [-0.15, -0.1) is 11.3 Å². The minimum atomic E-state index is -0.854. The number of ether oxygens (including phenoxy) is 2. The van der Waals surface area contributed by atoms with Gasteiger partial charge in [-0.2, -0.15) is 0 Å². The number of aliphatic hydroxyl groups excluding tert-OH is 1. The number of carbonyl (C=O) groups excluding carboxylic acids is 2. The lowest BCUT2D eigenvalue weighted by Crippen LogP contribution is -2.28. The average molecular weight is 494 g/mol. The van der Waals surface area contributed by atoms with E-state index in [1.165, 1.54) is 22.3 Å². The van der Waals surface area contributed by atoms with Gasteiger partial charge in [-0.05, 0) is 66.8 Å². The number of nitrogens with zero attached hydrogens (tertiary/aromatic N) is 1. The number of aromatic hydroxyl groups is 1. The molecule has 2 N–H and O–H groups in total. The minimum Gasteiger partial charge on any atom is -0.507 e. The molecule has 1 amide bonds. The fraction of sp³-hybridized carbons (Fsp3) is 0.259. The van der Waals surface area contributed by atoms with E-state index in [1.807, 2.05) is 24.4 Å². The minimum absolute atomic E-state index is 0.0121. The molecule has 0 bridgehead atoms. The quantitative estimate of drug-likeness (QED) is 0.240. The first-order chi connectivity index (χ1) is 16.9. The summed E-state index contributed by atoms with van der Waals surface area (Å²) in [6, 6.07) is 14.4. The topological polar surface area (TPSA) is 96.3 Å². The molecule has 4 rings (SSSR count). The molecule has 0 spiro atoms. The maximum Gasteiger partial charge on any atom is 0.295 e. The Kier molecular flexibility index (Phi) is 7.41. The first-order valence-corrected chi connectivity index (χ1v) is 12.3. The standard InChI is InChI=1S/C27H27NO6S/c1-3-13-34-19-10-7-17(8-11-19)25(30)23-24(18-9-12-21(29)22(15-18)33-4-2)28(27(32)26(23)31)16-20-6-5-14-35-20/h5-12,14-15,24,29-30H,3-4,13,16H2,1-2H3/b25-23-. The van der Waals surface area contributed by atoms with E-state index in [1.54, 1.807) is 43.3 Å². The second-order valence-electron chi connectivity index (χ2n) is 8.04. The molecule has 2 heterocycles. The molecule has 3 aromatic rings. The molecule has 182 valence electrons. The van der Waals surface area contributed by atoms with Crippen LogP contribution in [0.3, 0.4) is 0 Å². The molecule has 1 fully saturated rings. The van der Waals surface area contributed by atoms with Crippen LogP contribution in [-0.4, -0.2) is 40.0 Å². The van der Waals surface area contributed by atoms with Crippen molar-refractivity contribution < 1.29 is 29.3 Å². The van der Waals surface area contributed by atoms with E-state index in [-0.39, 0.29) is 29.4 Å². The van der Waals surface area contributed by atoms with Crippen molar-refractivity contribution in [3.8, 4) is 17.2 Å². The summed E-state index contributed by atoms with van der Waals surface area (Å²) < 4.78 is 11.1. The Bertz CT molecular complexity index is 1230. The molecule has 0 aliphatic carbocycles. The molecule has 7 nitrogen and oxygen atoms in total. The van der Waals surface area contributed by atoms with Gasteiger partial charge in [0.15, 0.2) is 11.5 Å². The fourth-order valence-electron chi connectivity index (χ4n) is 4.02. The maximum absolute atomic E-state index is 13.2. The zero-order valence-corrected chi connectivity index (χ0v) is 20.4. The molecule has 35 heavy (non-hydrogen) atoms. The fourth-order valence-corrected chi connectivity index (χ4v) is 4.72. The van der Waals surface area contributed by atoms with Gasteiger partial charge in [-0.25, -0.2) is 0 Å². The van der Waals surface area contributed by atoms with Gasteiger partial charge in [-0.3, -0.25) is 9.59 Å². The highest BCUT2D eigenvalue weighted by Crippen LogP contribution is 2.42. The molecule has 1 atom stereocenters. The van der Waals surface area contributed by atoms with E-state index in [0.717, 1.165) is 11.3 Å². The Balaban J connectivity index is 1.81. The molecule has 1 aliphatic rings. The highest BCUT2D eigenvalue weighted by molar-refractivity contribution is 7.09. The SMILES string of the molecule is CCCOc1ccc(/C(O)=C2/C(=O)C(=O)N(Cc3cccs3)C2c2ccc(O)c(OCC)c2)cc1. The summed E-state index contributed by atoms with van der Waals surface area (Å²) in [5.74, 6) is -0.883. The lowest BCUT2D eigenvalue weighted by atomic mass is 9.95. The summed E-state index contributed by atoms with van der Waals surface area (Å²) in [5.41, 5.74) is 0.935. The van der Waals surface area contributed by atoms with E-state index in [0.29, 0.717) is 30.1 Å². The molecular formula is C27H27NO6S. The van der Waals surface area contributed by atoms with Crippen molar-refractivity contribution >= 4 is 28.8 Å². The second-order valence-corrected chi connectivity index (χ2v) is 9.07. The second kappa shape index (κ2) is 10.7. The number of ketones is 1. The molecule has 1 aliphatic heterocycles. The van der Waals surface area contributed by atoms with Crippen LogP contribution in [0.25, 0.3) is 5.76 Å². The Hall–Kier alpha value is -3.78. The summed E-state index contributed by atoms with van der Waals surface area (Å²) in [7, 11) is 0. The number of Topliss-reactive ketones (excluding diaryl/α,β-unsaturated/α-hetero) is 1. The number of aliphatic hydroxyl groups is 1. The summed E-state index contributed by atoms with van der Waals surface area (Å²) >= 11 is 1.48. The number of benzene rings is 2. The van der Waals surface area contributed by atoms with Gasteiger partial charge in [0.25, 0.3) is 11.7 Å². The number of likely N-dealkylation sites (tertiary alicyclic amines) is 1. The van der Waals surface area contributed by atoms with E-state index in [2.05, 4.69) is 0 Å². The van der Waals surface area contributed by atoms with Crippen LogP contribution in [0.1, 0.15) is 42.3 Å². The number of hydrogen-bond acceptors (Lipinski definition) is 7. The number of hydrogen-bond donors (Lipinski definition) is 2. The predicted octanol–water partition coefficient (Wildman–Crippen LogP) is 5.26. The van der Waals surface area contributed by atoms with Gasteiger partial charge in [0.1, 0.15) is 11.5 Å². The first-order valence-electron chi connectivity index (χ1n) is 11.4. The third-order valence-corrected chi connectivity index (χ3v) is 6.51. The van der Waals surface area contributed by atoms with Crippen molar-refractivity contribution in [1.29, 1.82) is 0 Å². The number of amides is 1. The molecule has 1 unspecified atom stereocenters. The van der Waals surface area contributed by atoms with E-state index in [9.17, 15) is 19.8 Å². The van der Waals surface area contributed by atoms with Crippen molar-refractivity contribution in [2.45, 2.75) is 32.9 Å². The van der Waals surface area contributed by atoms with Crippen molar-refractivity contribution in [2.24, 2.45) is 0 Å². The number of carbonyl (C=O) groups is 2. The van der Waals surface area contributed by atoms with Crippen molar-refractivity contribution in [3.05, 3.63) is 81.6 Å². The van der Waals surface area contributed by atoms with Crippen molar-refractivity contribution in [3.63, 3.8) is 0 Å². The number of rotatable bonds is 9. The predicted molar refractivity (Wildman–Crippen MR) is 134 cm³/mol. The molecule has 0 radical (unpaired) electrons. The number of thiophene rings is 1. The van der Waals surface area contributed by atoms with Crippen LogP contribution in [0.5, 0.6) is 17.2 Å². The Morgan fingerprint density at radius 1 is 1.06 bits per heavy atom. The molecule has 0 saturated carbocycles. The molecular weight excluding hydrogens is 466 g/mol. The Morgan fingerprint density at radius 2 is 1.83 bits per heavy atom. The molecule has 1 aromatic heterocycles. The third-order valence-electron chi connectivity index (χ3n) is 5.65. The van der Waals surface area contributed by atoms with Gasteiger partial charge < -0.3 is 24.6 Å². The number of phenolic OH excluding ortho intramolecular Hbond substituents is 1. The molecule has 2 aromatic carbocycles. The van der Waals surface area contributed by atoms with Gasteiger partial charge in [0, 0.05) is 10.4 Å². The lowest BCUT2D eigenvalue weighted by Gasteiger charge is -2.25. The zero-order valence-electron chi connectivity index (χ0n) is 19.6. The van der Waals surface area contributed by atoms with Crippen molar-refractivity contribution in [2.75, 3.05) is 13.2 Å². The zero-order chi connectivity index (χ0) is 24.9. The largest absolute Gasteiger partial charge is 0.507 e. The summed E-state index contributed by atoms with van der Waals surface area (Å²) in [4.78, 5) is 28.7. The smallest absolute Gasteiger partial charge is 0.295 e. The van der Waals surface area contributed by atoms with Gasteiger partial charge in [-0.1, -0.05) is 19.1 Å². The highest BCUT2D eigenvalue weighted by atomic mass is 32.1. The van der Waals surface area contributed by atoms with E-state index >= 15 is 0 Å². The van der Waals surface area contributed by atoms with Gasteiger partial charge >= 0.3 is 0 Å². The lowest BCUT2D eigenvalue weighted by molar-refractivity contribution is -0.140. The monoisotopic (exact) mass is 493 g/mol. The highest BCUT2D eigenvalue weighted by Gasteiger charge is 2.46. The van der Waals surface area contributed by atoms with Crippen LogP contribution in [-0.2, 0) is 16.1 Å². The first kappa shape index (κ1) is 24.3. The average Bonchev–Trinajstić information content (AvgIpc) is 3.47. The maximum atomic E-state index is 13.2. The molecule has 1 saturated heterocycles. The van der Waals surface area contributed by atoms with Crippen LogP contribution in [0.15, 0.2) is 65.6 Å². The van der Waals surface area contributed by atoms with Crippen molar-refractivity contribution in [1.82, 2.24) is 4.90 Å². The van der Waals surface area contributed by atoms with Gasteiger partial charge in [0.05, 0.1) is 31.4 Å². The van der Waals surface area contributed by atoms with Crippen LogP contribution >= 0.6 is 11.3 Å². The summed E-state index contributed by atoms with van der Waals surface area (Å²) in [5, 5.41) is 23.3. The van der Waals surface area contributed by atoms with E-state index < -0.39 is 17.7 Å². The van der Waals surface area contributed by atoms with Gasteiger partial charge in [0.2, 0.25) is 0 Å². The number of phenols is 1. The Labute approximate surface area is 207 Å². The van der Waals surface area contributed by atoms with Crippen LogP contribution < -0.4 is 9.47 Å². The third kappa shape index (κ3) is 5.02. The summed E-state index contributed by atoms with van der Waals surface area (Å²) in [6.45, 7) is 4.91. The molecule has 8 heteroatoms. The Morgan fingerprint density at radius 3 is 2.49 bits per heavy atom. The van der Waals surface area contributed by atoms with Crippen LogP contribution in [0, 0.1) is 0 Å². The van der Waals surface area contributed by atoms with Crippen LogP contribution in [0.4, 0.5) is 0 Å². The summed E-state index contributed by atoms with van der Waals surface area (Å²) in [6.07, 6.45) is 0.867. The van der Waals surface area contributed by atoms with E-state index in [4.69, 9.17) is 9.47 Å².